The van der Waals surface area contributed by atoms with Gasteiger partial charge in [0.1, 0.15) is 0 Å². The van der Waals surface area contributed by atoms with Gasteiger partial charge in [0.25, 0.3) is 0 Å². The third kappa shape index (κ3) is 3.35. The Morgan fingerprint density at radius 1 is 1.28 bits per heavy atom. The highest BCUT2D eigenvalue weighted by molar-refractivity contribution is 5.35. The summed E-state index contributed by atoms with van der Waals surface area (Å²) in [5.74, 6) is 0.742. The van der Waals surface area contributed by atoms with Gasteiger partial charge < -0.3 is 5.32 Å². The first-order valence-electron chi connectivity index (χ1n) is 7.55. The van der Waals surface area contributed by atoms with Crippen molar-refractivity contribution < 1.29 is 0 Å². The number of nitrogens with one attached hydrogen (secondary N) is 1. The van der Waals surface area contributed by atoms with Crippen LogP contribution in [0.4, 0.5) is 0 Å². The summed E-state index contributed by atoms with van der Waals surface area (Å²) in [6.45, 7) is 7.88. The first kappa shape index (κ1) is 13.6. The maximum atomic E-state index is 3.66. The van der Waals surface area contributed by atoms with Crippen molar-refractivity contribution in [1.29, 1.82) is 0 Å². The molecule has 1 aliphatic rings. The van der Waals surface area contributed by atoms with Crippen molar-refractivity contribution in [2.45, 2.75) is 58.9 Å². The number of aryl methyl sites for hydroxylation is 1. The second-order valence-electron chi connectivity index (χ2n) is 5.99. The molecule has 0 spiro atoms. The number of hydrogen-bond donors (Lipinski definition) is 1. The van der Waals surface area contributed by atoms with Gasteiger partial charge in [0, 0.05) is 6.04 Å². The van der Waals surface area contributed by atoms with Gasteiger partial charge in [0.05, 0.1) is 0 Å². The second-order valence-corrected chi connectivity index (χ2v) is 5.99. The number of hydrogen-bond acceptors (Lipinski definition) is 1. The van der Waals surface area contributed by atoms with Gasteiger partial charge in [-0.2, -0.15) is 0 Å². The molecule has 0 amide bonds. The molecule has 1 unspecified atom stereocenters. The molecule has 1 nitrogen and oxygen atoms in total. The molecule has 2 rings (SSSR count). The minimum Gasteiger partial charge on any atom is -0.310 e. The van der Waals surface area contributed by atoms with E-state index in [4.69, 9.17) is 0 Å². The summed E-state index contributed by atoms with van der Waals surface area (Å²) in [7, 11) is 0. The molecule has 0 aromatic heterocycles. The average molecular weight is 245 g/mol. The molecular formula is C17H27N. The number of benzene rings is 1. The summed E-state index contributed by atoms with van der Waals surface area (Å²) in [5.41, 5.74) is 4.66. The van der Waals surface area contributed by atoms with E-state index in [1.807, 2.05) is 0 Å². The molecule has 0 saturated heterocycles. The highest BCUT2D eigenvalue weighted by atomic mass is 14.9. The molecule has 1 atom stereocenters. The minimum atomic E-state index is 0.583. The van der Waals surface area contributed by atoms with E-state index in [9.17, 15) is 0 Å². The van der Waals surface area contributed by atoms with E-state index >= 15 is 0 Å². The Hall–Kier alpha value is -0.820. The summed E-state index contributed by atoms with van der Waals surface area (Å²) < 4.78 is 0. The molecule has 1 aromatic rings. The van der Waals surface area contributed by atoms with Crippen LogP contribution in [0.5, 0.6) is 0 Å². The van der Waals surface area contributed by atoms with Crippen molar-refractivity contribution in [3.05, 3.63) is 34.9 Å². The maximum absolute atomic E-state index is 3.66. The summed E-state index contributed by atoms with van der Waals surface area (Å²) in [6.07, 6.45) is 6.46. The minimum absolute atomic E-state index is 0.583. The van der Waals surface area contributed by atoms with Gasteiger partial charge in [0.2, 0.25) is 0 Å². The first-order chi connectivity index (χ1) is 8.70. The smallest absolute Gasteiger partial charge is 0.0322 e. The second kappa shape index (κ2) is 6.38. The van der Waals surface area contributed by atoms with Gasteiger partial charge >= 0.3 is 0 Å². The van der Waals surface area contributed by atoms with Gasteiger partial charge in [0.15, 0.2) is 0 Å². The van der Waals surface area contributed by atoms with E-state index in [0.717, 1.165) is 12.5 Å². The monoisotopic (exact) mass is 245 g/mol. The Morgan fingerprint density at radius 3 is 2.83 bits per heavy atom. The van der Waals surface area contributed by atoms with Crippen LogP contribution in [-0.4, -0.2) is 6.54 Å². The van der Waals surface area contributed by atoms with Crippen molar-refractivity contribution in [3.63, 3.8) is 0 Å². The Balaban J connectivity index is 2.27. The fraction of sp³-hybridized carbons (Fsp3) is 0.647. The highest BCUT2D eigenvalue weighted by Gasteiger charge is 2.18. The van der Waals surface area contributed by atoms with Crippen molar-refractivity contribution in [2.75, 3.05) is 6.54 Å². The van der Waals surface area contributed by atoms with Crippen molar-refractivity contribution in [2.24, 2.45) is 5.92 Å². The summed E-state index contributed by atoms with van der Waals surface area (Å²) in [5, 5.41) is 3.66. The molecule has 0 fully saturated rings. The van der Waals surface area contributed by atoms with Crippen LogP contribution in [0.25, 0.3) is 0 Å². The van der Waals surface area contributed by atoms with Crippen LogP contribution < -0.4 is 5.32 Å². The lowest BCUT2D eigenvalue weighted by Gasteiger charge is -2.20. The molecule has 100 valence electrons. The van der Waals surface area contributed by atoms with E-state index in [0.29, 0.717) is 6.04 Å². The summed E-state index contributed by atoms with van der Waals surface area (Å²) in [6, 6.07) is 7.77. The van der Waals surface area contributed by atoms with Crippen molar-refractivity contribution >= 4 is 0 Å². The first-order valence-corrected chi connectivity index (χ1v) is 7.55. The molecule has 1 heteroatoms. The highest BCUT2D eigenvalue weighted by Crippen LogP contribution is 2.30. The molecule has 0 saturated carbocycles. The average Bonchev–Trinajstić information content (AvgIpc) is 2.52. The normalized spacial score (nSPS) is 19.7. The van der Waals surface area contributed by atoms with Crippen LogP contribution in [0.2, 0.25) is 0 Å². The maximum Gasteiger partial charge on any atom is 0.0322 e. The molecule has 0 heterocycles. The van der Waals surface area contributed by atoms with Gasteiger partial charge in [-0.15, -0.1) is 0 Å². The van der Waals surface area contributed by atoms with Crippen molar-refractivity contribution in [1.82, 2.24) is 5.32 Å². The predicted molar refractivity (Wildman–Crippen MR) is 79.0 cm³/mol. The SMILES string of the molecule is CCNC1CCCCc2ccc(CC(C)C)cc21. The van der Waals surface area contributed by atoms with E-state index in [-0.39, 0.29) is 0 Å². The van der Waals surface area contributed by atoms with E-state index in [1.54, 1.807) is 11.1 Å². The van der Waals surface area contributed by atoms with Crippen molar-refractivity contribution in [3.8, 4) is 0 Å². The quantitative estimate of drug-likeness (QED) is 0.781. The van der Waals surface area contributed by atoms with E-state index < -0.39 is 0 Å². The molecule has 0 radical (unpaired) electrons. The zero-order chi connectivity index (χ0) is 13.0. The van der Waals surface area contributed by atoms with E-state index in [1.165, 1.54) is 37.7 Å². The Kier molecular flexibility index (Phi) is 4.82. The lowest BCUT2D eigenvalue weighted by Crippen LogP contribution is -2.21. The van der Waals surface area contributed by atoms with Crippen LogP contribution in [0, 0.1) is 5.92 Å². The summed E-state index contributed by atoms with van der Waals surface area (Å²) in [4.78, 5) is 0. The fourth-order valence-electron chi connectivity index (χ4n) is 3.07. The topological polar surface area (TPSA) is 12.0 Å². The Labute approximate surface area is 112 Å². The molecule has 1 aliphatic carbocycles. The lowest BCUT2D eigenvalue weighted by molar-refractivity contribution is 0.503. The Morgan fingerprint density at radius 2 is 2.11 bits per heavy atom. The van der Waals surface area contributed by atoms with Crippen LogP contribution in [0.3, 0.4) is 0 Å². The molecular weight excluding hydrogens is 218 g/mol. The van der Waals surface area contributed by atoms with Crippen LogP contribution >= 0.6 is 0 Å². The van der Waals surface area contributed by atoms with Gasteiger partial charge in [-0.1, -0.05) is 45.4 Å². The zero-order valence-corrected chi connectivity index (χ0v) is 12.1. The van der Waals surface area contributed by atoms with Crippen LogP contribution in [-0.2, 0) is 12.8 Å². The largest absolute Gasteiger partial charge is 0.310 e. The van der Waals surface area contributed by atoms with Gasteiger partial charge in [-0.05, 0) is 54.8 Å². The molecule has 1 aromatic carbocycles. The third-order valence-electron chi connectivity index (χ3n) is 3.87. The lowest BCUT2D eigenvalue weighted by atomic mass is 9.93. The van der Waals surface area contributed by atoms with E-state index in [2.05, 4.69) is 44.3 Å². The number of rotatable bonds is 4. The fourth-order valence-corrected chi connectivity index (χ4v) is 3.07. The Bertz CT molecular complexity index is 381. The molecule has 18 heavy (non-hydrogen) atoms. The number of fused-ring (bicyclic) bond motifs is 1. The molecule has 0 aliphatic heterocycles. The molecule has 1 N–H and O–H groups in total. The van der Waals surface area contributed by atoms with Gasteiger partial charge in [-0.3, -0.25) is 0 Å². The standard InChI is InChI=1S/C17H27N/c1-4-18-17-8-6-5-7-15-10-9-14(11-13(2)3)12-16(15)17/h9-10,12-13,17-18H,4-8,11H2,1-3H3. The zero-order valence-electron chi connectivity index (χ0n) is 12.1. The van der Waals surface area contributed by atoms with Crippen LogP contribution in [0.15, 0.2) is 18.2 Å². The van der Waals surface area contributed by atoms with Gasteiger partial charge in [-0.25, -0.2) is 0 Å². The summed E-state index contributed by atoms with van der Waals surface area (Å²) >= 11 is 0. The third-order valence-corrected chi connectivity index (χ3v) is 3.87. The predicted octanol–water partition coefficient (Wildman–Crippen LogP) is 4.26. The van der Waals surface area contributed by atoms with Crippen LogP contribution in [0.1, 0.15) is 62.8 Å². The molecule has 0 bridgehead atoms.